The number of fused-ring (bicyclic) bond motifs is 1. The molecule has 1 heterocycles. The number of halogens is 2. The third-order valence-electron chi connectivity index (χ3n) is 4.96. The van der Waals surface area contributed by atoms with Crippen molar-refractivity contribution in [1.29, 1.82) is 0 Å². The fourth-order valence-electron chi connectivity index (χ4n) is 3.47. The van der Waals surface area contributed by atoms with Gasteiger partial charge in [-0.25, -0.2) is 0 Å². The van der Waals surface area contributed by atoms with E-state index in [4.69, 9.17) is 28.3 Å². The van der Waals surface area contributed by atoms with Gasteiger partial charge in [-0.05, 0) is 41.8 Å². The molecule has 1 aromatic heterocycles. The molecular formula is C21H20Cl2N2O5. The van der Waals surface area contributed by atoms with Crippen LogP contribution in [-0.2, 0) is 18.3 Å². The number of hydrogen-bond acceptors (Lipinski definition) is 4. The summed E-state index contributed by atoms with van der Waals surface area (Å²) in [6.45, 7) is 1.71. The lowest BCUT2D eigenvalue weighted by molar-refractivity contribution is -0.136. The van der Waals surface area contributed by atoms with Crippen molar-refractivity contribution in [3.63, 3.8) is 0 Å². The molecule has 0 unspecified atom stereocenters. The number of carboxylic acid groups (broad SMARTS) is 1. The number of nitrogens with one attached hydrogen (secondary N) is 1. The molecule has 0 aliphatic heterocycles. The van der Waals surface area contributed by atoms with Crippen LogP contribution in [0.2, 0.25) is 10.0 Å². The van der Waals surface area contributed by atoms with Crippen LogP contribution < -0.4 is 5.32 Å². The van der Waals surface area contributed by atoms with E-state index in [-0.39, 0.29) is 12.1 Å². The van der Waals surface area contributed by atoms with Crippen molar-refractivity contribution in [2.45, 2.75) is 25.7 Å². The zero-order valence-electron chi connectivity index (χ0n) is 16.2. The van der Waals surface area contributed by atoms with Gasteiger partial charge in [-0.1, -0.05) is 41.4 Å². The van der Waals surface area contributed by atoms with Gasteiger partial charge in [-0.3, -0.25) is 9.59 Å². The fraction of sp³-hybridized carbons (Fsp3) is 0.238. The van der Waals surface area contributed by atoms with Gasteiger partial charge in [-0.2, -0.15) is 0 Å². The van der Waals surface area contributed by atoms with E-state index < -0.39 is 24.2 Å². The molecule has 0 spiro atoms. The van der Waals surface area contributed by atoms with Gasteiger partial charge in [0.2, 0.25) is 0 Å². The van der Waals surface area contributed by atoms with Crippen molar-refractivity contribution in [3.05, 3.63) is 68.8 Å². The maximum atomic E-state index is 12.9. The normalized spacial score (nSPS) is 12.4. The number of nitrogens with zero attached hydrogens (tertiary/aromatic N) is 1. The quantitative estimate of drug-likeness (QED) is 0.430. The van der Waals surface area contributed by atoms with Crippen LogP contribution in [0.1, 0.15) is 33.2 Å². The number of aromatic nitrogens is 1. The SMILES string of the molecule is Cc1cc(CC(=O)O)ccc1[C@H](NC(=O)c1cc2c(Cl)c(Cl)ccc2n1C)C(O)O. The van der Waals surface area contributed by atoms with Crippen LogP contribution in [0.25, 0.3) is 10.9 Å². The Bertz CT molecular complexity index is 1140. The van der Waals surface area contributed by atoms with Crippen LogP contribution in [0.4, 0.5) is 0 Å². The maximum Gasteiger partial charge on any atom is 0.307 e. The second-order valence-electron chi connectivity index (χ2n) is 7.01. The molecular weight excluding hydrogens is 431 g/mol. The molecule has 30 heavy (non-hydrogen) atoms. The van der Waals surface area contributed by atoms with Gasteiger partial charge >= 0.3 is 5.97 Å². The summed E-state index contributed by atoms with van der Waals surface area (Å²) in [6.07, 6.45) is -2.02. The van der Waals surface area contributed by atoms with Gasteiger partial charge in [0.05, 0.1) is 16.5 Å². The van der Waals surface area contributed by atoms with Crippen molar-refractivity contribution >= 4 is 46.0 Å². The van der Waals surface area contributed by atoms with E-state index in [1.807, 2.05) is 0 Å². The molecule has 3 aromatic rings. The Kier molecular flexibility index (Phi) is 6.38. The minimum atomic E-state index is -1.87. The zero-order chi connectivity index (χ0) is 22.2. The maximum absolute atomic E-state index is 12.9. The Hall–Kier alpha value is -2.58. The Labute approximate surface area is 182 Å². The van der Waals surface area contributed by atoms with Crippen LogP contribution in [0.5, 0.6) is 0 Å². The van der Waals surface area contributed by atoms with E-state index >= 15 is 0 Å². The highest BCUT2D eigenvalue weighted by Gasteiger charge is 2.26. The zero-order valence-corrected chi connectivity index (χ0v) is 17.7. The molecule has 7 nitrogen and oxygen atoms in total. The number of aliphatic hydroxyl groups is 2. The lowest BCUT2D eigenvalue weighted by Gasteiger charge is -2.23. The molecule has 158 valence electrons. The van der Waals surface area contributed by atoms with Crippen molar-refractivity contribution in [2.75, 3.05) is 0 Å². The van der Waals surface area contributed by atoms with E-state index in [0.29, 0.717) is 37.6 Å². The summed E-state index contributed by atoms with van der Waals surface area (Å²) in [5, 5.41) is 32.6. The monoisotopic (exact) mass is 450 g/mol. The Morgan fingerprint density at radius 1 is 1.13 bits per heavy atom. The summed E-state index contributed by atoms with van der Waals surface area (Å²) in [7, 11) is 1.69. The lowest BCUT2D eigenvalue weighted by Crippen LogP contribution is -2.37. The number of carboxylic acids is 1. The topological polar surface area (TPSA) is 112 Å². The minimum absolute atomic E-state index is 0.154. The second-order valence-corrected chi connectivity index (χ2v) is 7.79. The molecule has 0 fully saturated rings. The Morgan fingerprint density at radius 3 is 2.43 bits per heavy atom. The summed E-state index contributed by atoms with van der Waals surface area (Å²) in [4.78, 5) is 23.8. The number of hydrogen-bond donors (Lipinski definition) is 4. The molecule has 2 aromatic carbocycles. The Morgan fingerprint density at radius 2 is 1.83 bits per heavy atom. The first kappa shape index (κ1) is 22.1. The van der Waals surface area contributed by atoms with Crippen LogP contribution in [0.15, 0.2) is 36.4 Å². The number of aliphatic hydroxyl groups excluding tert-OH is 1. The first-order chi connectivity index (χ1) is 14.1. The molecule has 0 saturated heterocycles. The third-order valence-corrected chi connectivity index (χ3v) is 5.77. The molecule has 4 N–H and O–H groups in total. The average molecular weight is 451 g/mol. The van der Waals surface area contributed by atoms with Crippen molar-refractivity contribution in [3.8, 4) is 0 Å². The van der Waals surface area contributed by atoms with Gasteiger partial charge in [0.15, 0.2) is 6.29 Å². The van der Waals surface area contributed by atoms with Gasteiger partial charge in [0.25, 0.3) is 5.91 Å². The first-order valence-corrected chi connectivity index (χ1v) is 9.77. The summed E-state index contributed by atoms with van der Waals surface area (Å²) >= 11 is 12.3. The highest BCUT2D eigenvalue weighted by molar-refractivity contribution is 6.45. The molecule has 9 heteroatoms. The first-order valence-electron chi connectivity index (χ1n) is 9.01. The predicted octanol–water partition coefficient (Wildman–Crippen LogP) is 3.20. The molecule has 3 rings (SSSR count). The van der Waals surface area contributed by atoms with Gasteiger partial charge in [0.1, 0.15) is 11.7 Å². The summed E-state index contributed by atoms with van der Waals surface area (Å²) in [5.41, 5.74) is 2.62. The molecule has 1 amide bonds. The molecule has 0 saturated carbocycles. The molecule has 1 atom stereocenters. The van der Waals surface area contributed by atoms with E-state index in [1.165, 1.54) is 0 Å². The van der Waals surface area contributed by atoms with Gasteiger partial charge < -0.3 is 25.2 Å². The number of amides is 1. The molecule has 0 aliphatic carbocycles. The third kappa shape index (κ3) is 4.29. The fourth-order valence-corrected chi connectivity index (χ4v) is 3.85. The summed E-state index contributed by atoms with van der Waals surface area (Å²) < 4.78 is 1.64. The molecule has 0 radical (unpaired) electrons. The van der Waals surface area contributed by atoms with Crippen LogP contribution >= 0.6 is 23.2 Å². The highest BCUT2D eigenvalue weighted by Crippen LogP contribution is 2.33. The number of aliphatic carboxylic acids is 1. The van der Waals surface area contributed by atoms with E-state index in [2.05, 4.69) is 5.32 Å². The number of aryl methyl sites for hydroxylation is 2. The van der Waals surface area contributed by atoms with Gasteiger partial charge in [-0.15, -0.1) is 0 Å². The lowest BCUT2D eigenvalue weighted by atomic mass is 9.97. The highest BCUT2D eigenvalue weighted by atomic mass is 35.5. The van der Waals surface area contributed by atoms with Crippen LogP contribution in [0.3, 0.4) is 0 Å². The second kappa shape index (κ2) is 8.65. The largest absolute Gasteiger partial charge is 0.481 e. The molecule has 0 aliphatic rings. The van der Waals surface area contributed by atoms with Gasteiger partial charge in [0, 0.05) is 18.0 Å². The average Bonchev–Trinajstić information content (AvgIpc) is 3.00. The van der Waals surface area contributed by atoms with E-state index in [9.17, 15) is 19.8 Å². The van der Waals surface area contributed by atoms with E-state index in [1.54, 1.807) is 54.9 Å². The minimum Gasteiger partial charge on any atom is -0.481 e. The standard InChI is InChI=1S/C21H20Cl2N2O5/c1-10-7-11(8-17(26)27)3-4-12(10)19(21(29)30)24-20(28)16-9-13-15(25(16)2)6-5-14(22)18(13)23/h3-7,9,19,21,29-30H,8H2,1-2H3,(H,24,28)(H,26,27)/t19-/m0/s1. The summed E-state index contributed by atoms with van der Waals surface area (Å²) in [5.74, 6) is -1.50. The van der Waals surface area contributed by atoms with Crippen molar-refractivity contribution in [1.82, 2.24) is 9.88 Å². The van der Waals surface area contributed by atoms with Crippen molar-refractivity contribution < 1.29 is 24.9 Å². The van der Waals surface area contributed by atoms with Crippen LogP contribution in [0, 0.1) is 6.92 Å². The Balaban J connectivity index is 1.94. The smallest absolute Gasteiger partial charge is 0.307 e. The van der Waals surface area contributed by atoms with Crippen LogP contribution in [-0.4, -0.2) is 38.1 Å². The van der Waals surface area contributed by atoms with E-state index in [0.717, 1.165) is 0 Å². The number of rotatable bonds is 6. The predicted molar refractivity (Wildman–Crippen MR) is 114 cm³/mol. The number of benzene rings is 2. The molecule has 0 bridgehead atoms. The van der Waals surface area contributed by atoms with Crippen molar-refractivity contribution in [2.24, 2.45) is 7.05 Å². The number of carbonyl (C=O) groups excluding carboxylic acids is 1. The summed E-state index contributed by atoms with van der Waals surface area (Å²) in [6, 6.07) is 8.65. The number of carbonyl (C=O) groups is 2.